The standard InChI is InChI=1S/C27H23F6NO2/c1-17(2)23-16-20(25(36,26(28,29)30)27(31,32)33)11-14-22(23)19-9-12-21(13-10-19)34-24(35)15-8-18-6-4-3-5-7-18/h3-7,9-14,16,36H,1,8,15H2,2H3,(H,34,35). The van der Waals surface area contributed by atoms with Crippen LogP contribution >= 0.6 is 0 Å². The summed E-state index contributed by atoms with van der Waals surface area (Å²) < 4.78 is 79.9. The van der Waals surface area contributed by atoms with Crippen LogP contribution in [0.3, 0.4) is 0 Å². The normalized spacial score (nSPS) is 12.3. The first-order valence-electron chi connectivity index (χ1n) is 10.8. The summed E-state index contributed by atoms with van der Waals surface area (Å²) in [5.41, 5.74) is -3.88. The molecular formula is C27H23F6NO2. The van der Waals surface area contributed by atoms with Crippen molar-refractivity contribution in [2.45, 2.75) is 37.7 Å². The first-order valence-corrected chi connectivity index (χ1v) is 10.8. The van der Waals surface area contributed by atoms with Gasteiger partial charge in [0.25, 0.3) is 5.60 Å². The van der Waals surface area contributed by atoms with E-state index in [2.05, 4.69) is 11.9 Å². The second-order valence-corrected chi connectivity index (χ2v) is 8.36. The molecule has 3 aromatic rings. The van der Waals surface area contributed by atoms with Gasteiger partial charge >= 0.3 is 12.4 Å². The summed E-state index contributed by atoms with van der Waals surface area (Å²) in [6, 6.07) is 18.1. The zero-order chi connectivity index (χ0) is 26.7. The largest absolute Gasteiger partial charge is 0.430 e. The van der Waals surface area contributed by atoms with Crippen LogP contribution in [0.4, 0.5) is 32.0 Å². The molecule has 0 aliphatic carbocycles. The molecule has 0 saturated heterocycles. The van der Waals surface area contributed by atoms with E-state index in [9.17, 15) is 36.2 Å². The maximum atomic E-state index is 13.3. The number of hydrogen-bond donors (Lipinski definition) is 2. The SMILES string of the molecule is C=C(C)c1cc(C(O)(C(F)(F)F)C(F)(F)F)ccc1-c1ccc(NC(=O)CCc2ccccc2)cc1. The Morgan fingerprint density at radius 1 is 0.889 bits per heavy atom. The lowest BCUT2D eigenvalue weighted by Gasteiger charge is -2.33. The van der Waals surface area contributed by atoms with Gasteiger partial charge in [0, 0.05) is 17.7 Å². The van der Waals surface area contributed by atoms with Crippen molar-refractivity contribution in [3.8, 4) is 11.1 Å². The topological polar surface area (TPSA) is 49.3 Å². The molecule has 3 aromatic carbocycles. The zero-order valence-electron chi connectivity index (χ0n) is 19.2. The Morgan fingerprint density at radius 3 is 2.00 bits per heavy atom. The van der Waals surface area contributed by atoms with Crippen LogP contribution in [-0.2, 0) is 16.8 Å². The average molecular weight is 507 g/mol. The summed E-state index contributed by atoms with van der Waals surface area (Å²) in [5.74, 6) is -0.211. The van der Waals surface area contributed by atoms with Crippen LogP contribution in [0.25, 0.3) is 16.7 Å². The number of alkyl halides is 6. The number of carbonyl (C=O) groups is 1. The van der Waals surface area contributed by atoms with E-state index in [4.69, 9.17) is 0 Å². The number of aryl methyl sites for hydroxylation is 1. The van der Waals surface area contributed by atoms with Crippen molar-refractivity contribution in [1.82, 2.24) is 0 Å². The number of anilines is 1. The van der Waals surface area contributed by atoms with Crippen LogP contribution in [0.1, 0.15) is 30.0 Å². The molecule has 0 aromatic heterocycles. The molecular weight excluding hydrogens is 484 g/mol. The van der Waals surface area contributed by atoms with Crippen LogP contribution < -0.4 is 5.32 Å². The molecule has 190 valence electrons. The van der Waals surface area contributed by atoms with Crippen molar-refractivity contribution in [3.05, 3.63) is 96.1 Å². The van der Waals surface area contributed by atoms with Crippen molar-refractivity contribution in [1.29, 1.82) is 0 Å². The highest BCUT2D eigenvalue weighted by molar-refractivity contribution is 5.91. The Kier molecular flexibility index (Phi) is 7.64. The Hall–Kier alpha value is -3.59. The van der Waals surface area contributed by atoms with Crippen LogP contribution in [0.5, 0.6) is 0 Å². The van der Waals surface area contributed by atoms with Gasteiger partial charge in [-0.2, -0.15) is 26.3 Å². The predicted octanol–water partition coefficient (Wildman–Crippen LogP) is 7.27. The summed E-state index contributed by atoms with van der Waals surface area (Å²) in [6.07, 6.45) is -11.2. The third kappa shape index (κ3) is 5.62. The van der Waals surface area contributed by atoms with Gasteiger partial charge in [0.15, 0.2) is 0 Å². The molecule has 3 rings (SSSR count). The molecule has 9 heteroatoms. The van der Waals surface area contributed by atoms with Gasteiger partial charge in [-0.3, -0.25) is 4.79 Å². The summed E-state index contributed by atoms with van der Waals surface area (Å²) in [6.45, 7) is 5.09. The molecule has 0 fully saturated rings. The van der Waals surface area contributed by atoms with E-state index >= 15 is 0 Å². The van der Waals surface area contributed by atoms with Crippen molar-refractivity contribution in [2.24, 2.45) is 0 Å². The Balaban J connectivity index is 1.85. The molecule has 0 atom stereocenters. The molecule has 1 amide bonds. The number of aliphatic hydroxyl groups is 1. The fourth-order valence-corrected chi connectivity index (χ4v) is 3.72. The van der Waals surface area contributed by atoms with Gasteiger partial charge in [-0.15, -0.1) is 0 Å². The summed E-state index contributed by atoms with van der Waals surface area (Å²) in [5, 5.41) is 12.5. The number of nitrogens with one attached hydrogen (secondary N) is 1. The van der Waals surface area contributed by atoms with Gasteiger partial charge in [-0.1, -0.05) is 66.7 Å². The van der Waals surface area contributed by atoms with Gasteiger partial charge in [0.1, 0.15) is 0 Å². The minimum Gasteiger partial charge on any atom is -0.369 e. The molecule has 0 heterocycles. The molecule has 0 saturated carbocycles. The van der Waals surface area contributed by atoms with E-state index in [0.29, 0.717) is 35.4 Å². The highest BCUT2D eigenvalue weighted by Gasteiger charge is 2.71. The van der Waals surface area contributed by atoms with E-state index in [-0.39, 0.29) is 23.5 Å². The fourth-order valence-electron chi connectivity index (χ4n) is 3.72. The second-order valence-electron chi connectivity index (χ2n) is 8.36. The molecule has 0 aliphatic heterocycles. The van der Waals surface area contributed by atoms with Gasteiger partial charge < -0.3 is 10.4 Å². The minimum absolute atomic E-state index is 0.0130. The predicted molar refractivity (Wildman–Crippen MR) is 126 cm³/mol. The van der Waals surface area contributed by atoms with Crippen molar-refractivity contribution in [3.63, 3.8) is 0 Å². The maximum absolute atomic E-state index is 13.3. The fraction of sp³-hybridized carbons (Fsp3) is 0.222. The number of hydrogen-bond acceptors (Lipinski definition) is 2. The molecule has 0 bridgehead atoms. The third-order valence-corrected chi connectivity index (χ3v) is 5.68. The number of benzene rings is 3. The minimum atomic E-state index is -5.99. The lowest BCUT2D eigenvalue weighted by Crippen LogP contribution is -2.53. The summed E-state index contributed by atoms with van der Waals surface area (Å²) in [7, 11) is 0. The molecule has 0 unspecified atom stereocenters. The quantitative estimate of drug-likeness (QED) is 0.331. The summed E-state index contributed by atoms with van der Waals surface area (Å²) >= 11 is 0. The van der Waals surface area contributed by atoms with Crippen LogP contribution in [0, 0.1) is 0 Å². The van der Waals surface area contributed by atoms with E-state index < -0.39 is 23.5 Å². The highest BCUT2D eigenvalue weighted by atomic mass is 19.4. The molecule has 2 N–H and O–H groups in total. The monoisotopic (exact) mass is 507 g/mol. The van der Waals surface area contributed by atoms with Crippen molar-refractivity contribution < 1.29 is 36.2 Å². The lowest BCUT2D eigenvalue weighted by molar-refractivity contribution is -0.376. The Bertz CT molecular complexity index is 1220. The lowest BCUT2D eigenvalue weighted by atomic mass is 9.86. The zero-order valence-corrected chi connectivity index (χ0v) is 19.2. The first-order chi connectivity index (χ1) is 16.7. The molecule has 0 aliphatic rings. The third-order valence-electron chi connectivity index (χ3n) is 5.68. The first kappa shape index (κ1) is 27.0. The number of rotatable bonds is 7. The van der Waals surface area contributed by atoms with Gasteiger partial charge in [-0.25, -0.2) is 0 Å². The van der Waals surface area contributed by atoms with E-state index in [0.717, 1.165) is 11.6 Å². The molecule has 0 radical (unpaired) electrons. The van der Waals surface area contributed by atoms with Crippen LogP contribution in [-0.4, -0.2) is 23.4 Å². The number of halogens is 6. The average Bonchev–Trinajstić information content (AvgIpc) is 2.81. The molecule has 0 spiro atoms. The Labute approximate surface area is 204 Å². The highest BCUT2D eigenvalue weighted by Crippen LogP contribution is 2.50. The molecule has 3 nitrogen and oxygen atoms in total. The second kappa shape index (κ2) is 10.2. The van der Waals surface area contributed by atoms with Gasteiger partial charge in [-0.05, 0) is 53.8 Å². The van der Waals surface area contributed by atoms with Crippen molar-refractivity contribution >= 4 is 17.2 Å². The van der Waals surface area contributed by atoms with Crippen LogP contribution in [0.15, 0.2) is 79.4 Å². The van der Waals surface area contributed by atoms with Crippen molar-refractivity contribution in [2.75, 3.05) is 5.32 Å². The smallest absolute Gasteiger partial charge is 0.369 e. The van der Waals surface area contributed by atoms with E-state index in [1.54, 1.807) is 24.3 Å². The summed E-state index contributed by atoms with van der Waals surface area (Å²) in [4.78, 5) is 12.2. The van der Waals surface area contributed by atoms with E-state index in [1.165, 1.54) is 6.92 Å². The van der Waals surface area contributed by atoms with Gasteiger partial charge in [0.05, 0.1) is 0 Å². The van der Waals surface area contributed by atoms with Gasteiger partial charge in [0.2, 0.25) is 5.91 Å². The number of allylic oxidation sites excluding steroid dienone is 1. The number of amides is 1. The molecule has 36 heavy (non-hydrogen) atoms. The maximum Gasteiger partial charge on any atom is 0.430 e. The van der Waals surface area contributed by atoms with Crippen LogP contribution in [0.2, 0.25) is 0 Å². The van der Waals surface area contributed by atoms with E-state index in [1.807, 2.05) is 30.3 Å². The Morgan fingerprint density at radius 2 is 1.47 bits per heavy atom. The number of carbonyl (C=O) groups excluding carboxylic acids is 1.